The predicted molar refractivity (Wildman–Crippen MR) is 148 cm³/mol. The molecule has 2 aliphatic rings. The minimum absolute atomic E-state index is 0.0341. The van der Waals surface area contributed by atoms with Gasteiger partial charge in [0.2, 0.25) is 11.9 Å². The summed E-state index contributed by atoms with van der Waals surface area (Å²) in [6, 6.07) is 9.61. The minimum atomic E-state index is -0.635. The smallest absolute Gasteiger partial charge is 0.253 e. The van der Waals surface area contributed by atoms with Crippen LogP contribution >= 0.6 is 11.6 Å². The molecule has 1 fully saturated rings. The van der Waals surface area contributed by atoms with Crippen molar-refractivity contribution in [3.05, 3.63) is 59.0 Å². The van der Waals surface area contributed by atoms with E-state index >= 15 is 0 Å². The van der Waals surface area contributed by atoms with Crippen molar-refractivity contribution < 1.29 is 18.7 Å². The molecule has 3 N–H and O–H groups in total. The molecule has 1 aromatic heterocycles. The first-order chi connectivity index (χ1) is 18.9. The second-order valence-corrected chi connectivity index (χ2v) is 9.70. The van der Waals surface area contributed by atoms with E-state index in [0.29, 0.717) is 36.8 Å². The van der Waals surface area contributed by atoms with Crippen molar-refractivity contribution >= 4 is 52.2 Å². The van der Waals surface area contributed by atoms with Gasteiger partial charge in [-0.1, -0.05) is 17.7 Å². The summed E-state index contributed by atoms with van der Waals surface area (Å²) in [5.41, 5.74) is 1.35. The fourth-order valence-corrected chi connectivity index (χ4v) is 4.81. The molecule has 0 radical (unpaired) electrons. The van der Waals surface area contributed by atoms with Gasteiger partial charge in [-0.2, -0.15) is 4.98 Å². The van der Waals surface area contributed by atoms with E-state index in [2.05, 4.69) is 30.8 Å². The maximum Gasteiger partial charge on any atom is 0.253 e. The third kappa shape index (κ3) is 6.04. The lowest BCUT2D eigenvalue weighted by molar-refractivity contribution is -0.119. The molecule has 0 atom stereocenters. The van der Waals surface area contributed by atoms with Crippen LogP contribution in [-0.2, 0) is 4.79 Å². The van der Waals surface area contributed by atoms with Gasteiger partial charge in [0.15, 0.2) is 5.82 Å². The van der Waals surface area contributed by atoms with Crippen molar-refractivity contribution in [2.75, 3.05) is 55.4 Å². The Labute approximate surface area is 230 Å². The number of amides is 2. The molecule has 0 aliphatic carbocycles. The number of halogens is 2. The Morgan fingerprint density at radius 1 is 1.10 bits per heavy atom. The van der Waals surface area contributed by atoms with Crippen LogP contribution in [0.4, 0.5) is 33.2 Å². The average molecular weight is 554 g/mol. The SMILES string of the molecule is CNC(=O)c1cccc(F)c1Nc1nc(Nc2ccc3c(c2)N(C(=O)CN2CCCC2)CCCO3)ncc1Cl. The van der Waals surface area contributed by atoms with Crippen LogP contribution in [0, 0.1) is 5.82 Å². The molecule has 10 nitrogen and oxygen atoms in total. The number of carbonyl (C=O) groups is 2. The van der Waals surface area contributed by atoms with Gasteiger partial charge in [-0.3, -0.25) is 14.5 Å². The first-order valence-electron chi connectivity index (χ1n) is 12.8. The Morgan fingerprint density at radius 2 is 1.92 bits per heavy atom. The number of anilines is 5. The second-order valence-electron chi connectivity index (χ2n) is 9.29. The van der Waals surface area contributed by atoms with Gasteiger partial charge >= 0.3 is 0 Å². The third-order valence-electron chi connectivity index (χ3n) is 6.62. The Morgan fingerprint density at radius 3 is 2.72 bits per heavy atom. The van der Waals surface area contributed by atoms with Crippen LogP contribution in [0.15, 0.2) is 42.6 Å². The van der Waals surface area contributed by atoms with E-state index in [-0.39, 0.29) is 33.9 Å². The lowest BCUT2D eigenvalue weighted by atomic mass is 10.1. The highest BCUT2D eigenvalue weighted by molar-refractivity contribution is 6.33. The molecule has 2 aromatic carbocycles. The van der Waals surface area contributed by atoms with Crippen molar-refractivity contribution in [2.45, 2.75) is 19.3 Å². The van der Waals surface area contributed by atoms with E-state index in [1.807, 2.05) is 12.1 Å². The molecular weight excluding hydrogens is 525 g/mol. The maximum atomic E-state index is 14.6. The van der Waals surface area contributed by atoms with Gasteiger partial charge in [-0.15, -0.1) is 0 Å². The summed E-state index contributed by atoms with van der Waals surface area (Å²) in [6.07, 6.45) is 4.33. The van der Waals surface area contributed by atoms with Gasteiger partial charge in [-0.25, -0.2) is 9.37 Å². The normalized spacial score (nSPS) is 15.2. The van der Waals surface area contributed by atoms with Gasteiger partial charge in [0.1, 0.15) is 16.6 Å². The number of hydrogen-bond acceptors (Lipinski definition) is 8. The van der Waals surface area contributed by atoms with Crippen molar-refractivity contribution in [3.63, 3.8) is 0 Å². The van der Waals surface area contributed by atoms with Crippen LogP contribution in [0.25, 0.3) is 0 Å². The molecule has 204 valence electrons. The van der Waals surface area contributed by atoms with Gasteiger partial charge in [0, 0.05) is 19.3 Å². The highest BCUT2D eigenvalue weighted by Gasteiger charge is 2.25. The van der Waals surface area contributed by atoms with Crippen molar-refractivity contribution in [1.29, 1.82) is 0 Å². The fraction of sp³-hybridized carbons (Fsp3) is 0.333. The Kier molecular flexibility index (Phi) is 8.08. The number of nitrogens with zero attached hydrogens (tertiary/aromatic N) is 4. The summed E-state index contributed by atoms with van der Waals surface area (Å²) >= 11 is 6.30. The van der Waals surface area contributed by atoms with Gasteiger partial charge in [0.05, 0.1) is 36.3 Å². The molecular formula is C27H29ClFN7O3. The number of carbonyl (C=O) groups excluding carboxylic acids is 2. The number of likely N-dealkylation sites (tertiary alicyclic amines) is 1. The Balaban J connectivity index is 1.39. The molecule has 39 heavy (non-hydrogen) atoms. The van der Waals surface area contributed by atoms with Crippen molar-refractivity contribution in [3.8, 4) is 5.75 Å². The van der Waals surface area contributed by atoms with Gasteiger partial charge in [0.25, 0.3) is 5.91 Å². The summed E-state index contributed by atoms with van der Waals surface area (Å²) in [5, 5.41) is 8.58. The quantitative estimate of drug-likeness (QED) is 0.396. The van der Waals surface area contributed by atoms with Crippen molar-refractivity contribution in [1.82, 2.24) is 20.2 Å². The summed E-state index contributed by atoms with van der Waals surface area (Å²) in [7, 11) is 1.46. The lowest BCUT2D eigenvalue weighted by Crippen LogP contribution is -2.39. The zero-order valence-corrected chi connectivity index (χ0v) is 22.2. The standard InChI is InChI=1S/C27H29ClFN7O3/c1-30-26(38)18-6-4-7-20(29)24(18)33-25-19(28)15-31-27(34-25)32-17-8-9-22-21(14-17)36(12-5-13-39-22)23(37)16-35-10-2-3-11-35/h4,6-9,14-15H,2-3,5,10-13,16H2,1H3,(H,30,38)(H2,31,32,33,34). The van der Waals surface area contributed by atoms with E-state index in [1.54, 1.807) is 11.0 Å². The minimum Gasteiger partial charge on any atom is -0.491 e. The van der Waals surface area contributed by atoms with Crippen LogP contribution < -0.4 is 25.6 Å². The number of ether oxygens (including phenoxy) is 1. The monoisotopic (exact) mass is 553 g/mol. The molecule has 0 spiro atoms. The predicted octanol–water partition coefficient (Wildman–Crippen LogP) is 4.33. The molecule has 0 saturated carbocycles. The van der Waals surface area contributed by atoms with E-state index in [0.717, 1.165) is 32.4 Å². The highest BCUT2D eigenvalue weighted by Crippen LogP contribution is 2.35. The van der Waals surface area contributed by atoms with Crippen LogP contribution in [0.2, 0.25) is 5.02 Å². The van der Waals surface area contributed by atoms with E-state index in [9.17, 15) is 14.0 Å². The lowest BCUT2D eigenvalue weighted by Gasteiger charge is -2.25. The molecule has 3 aromatic rings. The first kappa shape index (κ1) is 26.6. The maximum absolute atomic E-state index is 14.6. The molecule has 1 saturated heterocycles. The summed E-state index contributed by atoms with van der Waals surface area (Å²) in [5.74, 6) is -0.129. The summed E-state index contributed by atoms with van der Waals surface area (Å²) < 4.78 is 20.5. The summed E-state index contributed by atoms with van der Waals surface area (Å²) in [6.45, 7) is 3.33. The van der Waals surface area contributed by atoms with E-state index < -0.39 is 11.7 Å². The molecule has 3 heterocycles. The van der Waals surface area contributed by atoms with Crippen molar-refractivity contribution in [2.24, 2.45) is 0 Å². The fourth-order valence-electron chi connectivity index (χ4n) is 4.67. The molecule has 0 bridgehead atoms. The number of fused-ring (bicyclic) bond motifs is 1. The van der Waals surface area contributed by atoms with E-state index in [1.165, 1.54) is 31.4 Å². The number of rotatable bonds is 7. The van der Waals surface area contributed by atoms with Crippen LogP contribution in [0.5, 0.6) is 5.75 Å². The Bertz CT molecular complexity index is 1380. The van der Waals surface area contributed by atoms with Gasteiger partial charge < -0.3 is 25.6 Å². The molecule has 2 amide bonds. The van der Waals surface area contributed by atoms with E-state index in [4.69, 9.17) is 16.3 Å². The average Bonchev–Trinajstić information content (AvgIpc) is 3.35. The zero-order valence-electron chi connectivity index (χ0n) is 21.5. The zero-order chi connectivity index (χ0) is 27.4. The summed E-state index contributed by atoms with van der Waals surface area (Å²) in [4.78, 5) is 38.1. The molecule has 0 unspecified atom stereocenters. The highest BCUT2D eigenvalue weighted by atomic mass is 35.5. The number of aromatic nitrogens is 2. The van der Waals surface area contributed by atoms with Crippen LogP contribution in [-0.4, -0.2) is 66.5 Å². The van der Waals surface area contributed by atoms with Gasteiger partial charge in [-0.05, 0) is 62.7 Å². The van der Waals surface area contributed by atoms with Crippen LogP contribution in [0.1, 0.15) is 29.6 Å². The largest absolute Gasteiger partial charge is 0.491 e. The number of nitrogens with one attached hydrogen (secondary N) is 3. The molecule has 5 rings (SSSR count). The topological polar surface area (TPSA) is 112 Å². The van der Waals surface area contributed by atoms with Crippen LogP contribution in [0.3, 0.4) is 0 Å². The number of para-hydroxylation sites is 1. The second kappa shape index (κ2) is 11.8. The Hall–Kier alpha value is -3.96. The molecule has 2 aliphatic heterocycles. The first-order valence-corrected chi connectivity index (χ1v) is 13.2. The third-order valence-corrected chi connectivity index (χ3v) is 6.90. The number of hydrogen-bond donors (Lipinski definition) is 3. The molecule has 12 heteroatoms. The number of benzene rings is 2.